The Morgan fingerprint density at radius 1 is 1.58 bits per heavy atom. The Morgan fingerprint density at radius 2 is 2.42 bits per heavy atom. The van der Waals surface area contributed by atoms with E-state index in [2.05, 4.69) is 19.9 Å². The maximum Gasteiger partial charge on any atom is -0.0197 e. The van der Waals surface area contributed by atoms with Crippen LogP contribution in [0.25, 0.3) is 0 Å². The van der Waals surface area contributed by atoms with Crippen molar-refractivity contribution >= 4 is 0 Å². The summed E-state index contributed by atoms with van der Waals surface area (Å²) in [6, 6.07) is 0. The van der Waals surface area contributed by atoms with Gasteiger partial charge in [0.05, 0.1) is 0 Å². The number of hydrogen-bond donors (Lipinski definition) is 0. The molecular formula is C12H20. The van der Waals surface area contributed by atoms with Gasteiger partial charge in [-0.1, -0.05) is 38.3 Å². The van der Waals surface area contributed by atoms with Crippen molar-refractivity contribution in [1.82, 2.24) is 0 Å². The van der Waals surface area contributed by atoms with Crippen LogP contribution in [0.5, 0.6) is 0 Å². The number of rotatable bonds is 3. The van der Waals surface area contributed by atoms with E-state index in [0.717, 1.165) is 11.3 Å². The molecule has 2 atom stereocenters. The molecule has 1 saturated carbocycles. The lowest BCUT2D eigenvalue weighted by Gasteiger charge is -2.31. The van der Waals surface area contributed by atoms with Gasteiger partial charge in [-0.2, -0.15) is 0 Å². The van der Waals surface area contributed by atoms with Crippen molar-refractivity contribution < 1.29 is 0 Å². The lowest BCUT2D eigenvalue weighted by atomic mass is 9.73. The highest BCUT2D eigenvalue weighted by Gasteiger charge is 2.43. The van der Waals surface area contributed by atoms with E-state index in [1.807, 2.05) is 0 Å². The lowest BCUT2D eigenvalue weighted by Crippen LogP contribution is -2.22. The van der Waals surface area contributed by atoms with E-state index in [9.17, 15) is 0 Å². The van der Waals surface area contributed by atoms with E-state index in [4.69, 9.17) is 0 Å². The van der Waals surface area contributed by atoms with Crippen LogP contribution in [-0.4, -0.2) is 0 Å². The highest BCUT2D eigenvalue weighted by molar-refractivity contribution is 5.23. The Kier molecular flexibility index (Phi) is 2.02. The molecule has 0 heterocycles. The van der Waals surface area contributed by atoms with E-state index in [1.54, 1.807) is 5.57 Å². The molecule has 0 spiro atoms. The zero-order valence-corrected chi connectivity index (χ0v) is 8.40. The maximum atomic E-state index is 2.54. The van der Waals surface area contributed by atoms with Crippen LogP contribution < -0.4 is 0 Å². The lowest BCUT2D eigenvalue weighted by molar-refractivity contribution is 0.208. The van der Waals surface area contributed by atoms with Crippen molar-refractivity contribution in [2.75, 3.05) is 0 Å². The molecule has 0 aliphatic heterocycles. The summed E-state index contributed by atoms with van der Waals surface area (Å²) in [6.07, 6.45) is 11.2. The standard InChI is InChI=1S/C12H20/c1-3-4-6-12-7-5-11(9-12)8-10(12)2/h8,10H,3-7,9H2,1-2H3. The number of fused-ring (bicyclic) bond motifs is 2. The Morgan fingerprint density at radius 3 is 2.92 bits per heavy atom. The van der Waals surface area contributed by atoms with E-state index < -0.39 is 0 Å². The van der Waals surface area contributed by atoms with Crippen LogP contribution in [0.15, 0.2) is 11.6 Å². The highest BCUT2D eigenvalue weighted by atomic mass is 14.5. The second kappa shape index (κ2) is 2.90. The summed E-state index contributed by atoms with van der Waals surface area (Å²) in [5.74, 6) is 0.882. The minimum absolute atomic E-state index is 0.728. The zero-order chi connectivity index (χ0) is 8.60. The smallest absolute Gasteiger partial charge is 0.0197 e. The largest absolute Gasteiger partial charge is 0.0819 e. The van der Waals surface area contributed by atoms with Crippen LogP contribution >= 0.6 is 0 Å². The third kappa shape index (κ3) is 1.12. The van der Waals surface area contributed by atoms with Gasteiger partial charge in [-0.15, -0.1) is 0 Å². The van der Waals surface area contributed by atoms with Crippen LogP contribution in [0.3, 0.4) is 0 Å². The van der Waals surface area contributed by atoms with Crippen LogP contribution in [0, 0.1) is 11.3 Å². The number of allylic oxidation sites excluding steroid dienone is 2. The SMILES string of the molecule is CCCCC12CCC(=CC1C)C2. The summed E-state index contributed by atoms with van der Waals surface area (Å²) >= 11 is 0. The van der Waals surface area contributed by atoms with Crippen molar-refractivity contribution in [1.29, 1.82) is 0 Å². The van der Waals surface area contributed by atoms with Gasteiger partial charge in [0.2, 0.25) is 0 Å². The summed E-state index contributed by atoms with van der Waals surface area (Å²) in [5.41, 5.74) is 2.49. The molecule has 12 heavy (non-hydrogen) atoms. The molecule has 0 saturated heterocycles. The molecule has 2 aliphatic rings. The first kappa shape index (κ1) is 8.34. The molecular weight excluding hydrogens is 144 g/mol. The summed E-state index contributed by atoms with van der Waals surface area (Å²) in [7, 11) is 0. The van der Waals surface area contributed by atoms with E-state index >= 15 is 0 Å². The molecule has 0 amide bonds. The Labute approximate surface area is 76.1 Å². The number of hydrogen-bond acceptors (Lipinski definition) is 0. The molecule has 0 aromatic heterocycles. The normalized spacial score (nSPS) is 38.8. The third-order valence-corrected chi connectivity index (χ3v) is 4.00. The Bertz CT molecular complexity index is 202. The van der Waals surface area contributed by atoms with Gasteiger partial charge < -0.3 is 0 Å². The van der Waals surface area contributed by atoms with Gasteiger partial charge in [-0.05, 0) is 37.0 Å². The first-order chi connectivity index (χ1) is 5.77. The van der Waals surface area contributed by atoms with Crippen molar-refractivity contribution in [3.63, 3.8) is 0 Å². The molecule has 0 N–H and O–H groups in total. The minimum Gasteiger partial charge on any atom is -0.0819 e. The van der Waals surface area contributed by atoms with E-state index in [-0.39, 0.29) is 0 Å². The predicted octanol–water partition coefficient (Wildman–Crippen LogP) is 3.92. The minimum atomic E-state index is 0.728. The summed E-state index contributed by atoms with van der Waals surface area (Å²) in [4.78, 5) is 0. The second-order valence-electron chi connectivity index (χ2n) is 4.76. The van der Waals surface area contributed by atoms with Crippen molar-refractivity contribution in [3.05, 3.63) is 11.6 Å². The predicted molar refractivity (Wildman–Crippen MR) is 53.1 cm³/mol. The molecule has 0 radical (unpaired) electrons. The molecule has 2 aliphatic carbocycles. The molecule has 1 fully saturated rings. The van der Waals surface area contributed by atoms with E-state index in [1.165, 1.54) is 38.5 Å². The number of unbranched alkanes of at least 4 members (excludes halogenated alkanes) is 1. The van der Waals surface area contributed by atoms with Crippen LogP contribution in [0.2, 0.25) is 0 Å². The first-order valence-electron chi connectivity index (χ1n) is 5.46. The van der Waals surface area contributed by atoms with Gasteiger partial charge in [0, 0.05) is 0 Å². The second-order valence-corrected chi connectivity index (χ2v) is 4.76. The molecule has 2 rings (SSSR count). The van der Waals surface area contributed by atoms with Gasteiger partial charge in [-0.3, -0.25) is 0 Å². The molecule has 2 bridgehead atoms. The van der Waals surface area contributed by atoms with Crippen molar-refractivity contribution in [2.45, 2.75) is 52.4 Å². The van der Waals surface area contributed by atoms with Crippen molar-refractivity contribution in [2.24, 2.45) is 11.3 Å². The van der Waals surface area contributed by atoms with Crippen LogP contribution in [0.4, 0.5) is 0 Å². The van der Waals surface area contributed by atoms with Gasteiger partial charge in [-0.25, -0.2) is 0 Å². The van der Waals surface area contributed by atoms with E-state index in [0.29, 0.717) is 0 Å². The Balaban J connectivity index is 2.03. The van der Waals surface area contributed by atoms with Gasteiger partial charge in [0.1, 0.15) is 0 Å². The molecule has 68 valence electrons. The van der Waals surface area contributed by atoms with Crippen LogP contribution in [-0.2, 0) is 0 Å². The van der Waals surface area contributed by atoms with Crippen LogP contribution in [0.1, 0.15) is 52.4 Å². The molecule has 0 aromatic rings. The van der Waals surface area contributed by atoms with Gasteiger partial charge in [0.25, 0.3) is 0 Å². The average molecular weight is 164 g/mol. The Hall–Kier alpha value is -0.260. The first-order valence-corrected chi connectivity index (χ1v) is 5.46. The highest BCUT2D eigenvalue weighted by Crippen LogP contribution is 2.56. The molecule has 0 nitrogen and oxygen atoms in total. The maximum absolute atomic E-state index is 2.54. The molecule has 2 unspecified atom stereocenters. The molecule has 0 heteroatoms. The average Bonchev–Trinajstić information content (AvgIpc) is 2.58. The third-order valence-electron chi connectivity index (χ3n) is 4.00. The fourth-order valence-corrected chi connectivity index (χ4v) is 3.07. The topological polar surface area (TPSA) is 0 Å². The molecule has 0 aromatic carbocycles. The van der Waals surface area contributed by atoms with Gasteiger partial charge in [0.15, 0.2) is 0 Å². The monoisotopic (exact) mass is 164 g/mol. The summed E-state index contributed by atoms with van der Waals surface area (Å²) in [6.45, 7) is 4.72. The summed E-state index contributed by atoms with van der Waals surface area (Å²) < 4.78 is 0. The van der Waals surface area contributed by atoms with Gasteiger partial charge >= 0.3 is 0 Å². The summed E-state index contributed by atoms with van der Waals surface area (Å²) in [5, 5.41) is 0. The fourth-order valence-electron chi connectivity index (χ4n) is 3.07. The fraction of sp³-hybridized carbons (Fsp3) is 0.833. The zero-order valence-electron chi connectivity index (χ0n) is 8.40. The van der Waals surface area contributed by atoms with Crippen molar-refractivity contribution in [3.8, 4) is 0 Å². The quantitative estimate of drug-likeness (QED) is 0.554.